The monoisotopic (exact) mass is 444 g/mol. The fourth-order valence-electron chi connectivity index (χ4n) is 5.79. The van der Waals surface area contributed by atoms with Gasteiger partial charge >= 0.3 is 0 Å². The Balaban J connectivity index is 1.94. The van der Waals surface area contributed by atoms with E-state index in [1.165, 1.54) is 80.9 Å². The zero-order valence-electron chi connectivity index (χ0n) is 20.8. The van der Waals surface area contributed by atoms with Gasteiger partial charge in [-0.1, -0.05) is 56.9 Å². The first-order valence-electron chi connectivity index (χ1n) is 13.0. The van der Waals surface area contributed by atoms with Crippen LogP contribution in [0.2, 0.25) is 0 Å². The Morgan fingerprint density at radius 1 is 0.848 bits per heavy atom. The Morgan fingerprint density at radius 2 is 1.58 bits per heavy atom. The molecule has 2 aromatic rings. The Labute approximate surface area is 200 Å². The highest BCUT2D eigenvalue weighted by Crippen LogP contribution is 2.46. The summed E-state index contributed by atoms with van der Waals surface area (Å²) in [4.78, 5) is 0. The Hall–Kier alpha value is -2.48. The maximum Gasteiger partial charge on any atom is 0.131 e. The average Bonchev–Trinajstić information content (AvgIpc) is 3.06. The number of rotatable bonds is 3. The lowest BCUT2D eigenvalue weighted by atomic mass is 9.80. The minimum Gasteiger partial charge on any atom is -0.507 e. The van der Waals surface area contributed by atoms with E-state index in [9.17, 15) is 5.11 Å². The van der Waals surface area contributed by atoms with E-state index in [1.54, 1.807) is 12.7 Å². The van der Waals surface area contributed by atoms with Gasteiger partial charge in [0.2, 0.25) is 0 Å². The fourth-order valence-corrected chi connectivity index (χ4v) is 5.79. The van der Waals surface area contributed by atoms with Crippen molar-refractivity contribution in [1.29, 1.82) is 0 Å². The molecule has 0 amide bonds. The number of para-hydroxylation sites is 1. The summed E-state index contributed by atoms with van der Waals surface area (Å²) < 4.78 is 5.65. The van der Waals surface area contributed by atoms with Crippen LogP contribution < -0.4 is 4.74 Å². The molecule has 0 heterocycles. The number of allylic oxidation sites excluding steroid dienone is 4. The van der Waals surface area contributed by atoms with Crippen molar-refractivity contribution in [2.45, 2.75) is 84.5 Å². The molecule has 1 N–H and O–H groups in total. The second kappa shape index (κ2) is 11.1. The van der Waals surface area contributed by atoms with Crippen LogP contribution in [-0.2, 0) is 0 Å². The van der Waals surface area contributed by atoms with Crippen LogP contribution in [0.4, 0.5) is 0 Å². The molecule has 2 heteroatoms. The molecule has 2 nitrogen and oxygen atoms in total. The number of methoxy groups -OCH3 is 1. The Kier molecular flexibility index (Phi) is 7.96. The van der Waals surface area contributed by atoms with E-state index < -0.39 is 0 Å². The van der Waals surface area contributed by atoms with Crippen molar-refractivity contribution in [3.63, 3.8) is 0 Å². The first kappa shape index (κ1) is 23.7. The number of aromatic hydroxyl groups is 1. The molecule has 0 spiro atoms. The summed E-state index contributed by atoms with van der Waals surface area (Å²) >= 11 is 0. The van der Waals surface area contributed by atoms with Crippen LogP contribution in [0.25, 0.3) is 16.7 Å². The summed E-state index contributed by atoms with van der Waals surface area (Å²) in [5.41, 5.74) is 8.50. The van der Waals surface area contributed by atoms with E-state index >= 15 is 0 Å². The Bertz CT molecular complexity index is 1030. The molecule has 2 aliphatic carbocycles. The molecule has 0 aliphatic heterocycles. The van der Waals surface area contributed by atoms with Gasteiger partial charge in [0.1, 0.15) is 11.5 Å². The summed E-state index contributed by atoms with van der Waals surface area (Å²) in [7, 11) is 1.70. The van der Waals surface area contributed by atoms with Gasteiger partial charge in [-0.15, -0.1) is 0 Å². The quantitative estimate of drug-likeness (QED) is 0.512. The van der Waals surface area contributed by atoms with Crippen molar-refractivity contribution in [2.24, 2.45) is 5.92 Å². The highest BCUT2D eigenvalue weighted by Gasteiger charge is 2.25. The number of fused-ring (bicyclic) bond motifs is 1. The van der Waals surface area contributed by atoms with E-state index in [2.05, 4.69) is 32.1 Å². The molecular formula is C31H40O2. The standard InChI is InChI=1S/C31H40O2/c1-22-20-27(26-18-12-13-19-29(26)33-3)31(32)28(21-22)30-23(2)14-8-5-4-6-9-15-24-16-10-7-11-17-25(24)30/h12-13,15,18-21,23,32H,4-11,14,16-17H2,1-3H3/b24-15-,30-25+. The molecule has 1 saturated carbocycles. The van der Waals surface area contributed by atoms with Crippen LogP contribution >= 0.6 is 0 Å². The van der Waals surface area contributed by atoms with Crippen LogP contribution in [0.5, 0.6) is 11.5 Å². The largest absolute Gasteiger partial charge is 0.507 e. The summed E-state index contributed by atoms with van der Waals surface area (Å²) in [6, 6.07) is 12.3. The van der Waals surface area contributed by atoms with Crippen molar-refractivity contribution in [3.05, 3.63) is 64.7 Å². The number of benzene rings is 2. The third-order valence-electron chi connectivity index (χ3n) is 7.50. The predicted octanol–water partition coefficient (Wildman–Crippen LogP) is 9.01. The maximum absolute atomic E-state index is 11.8. The van der Waals surface area contributed by atoms with Crippen LogP contribution in [0.15, 0.2) is 53.6 Å². The lowest BCUT2D eigenvalue weighted by Gasteiger charge is -2.25. The molecule has 2 aromatic carbocycles. The summed E-state index contributed by atoms with van der Waals surface area (Å²) in [5.74, 6) is 1.63. The van der Waals surface area contributed by atoms with Crippen LogP contribution in [-0.4, -0.2) is 12.2 Å². The van der Waals surface area contributed by atoms with Gasteiger partial charge in [0.15, 0.2) is 0 Å². The number of ether oxygens (including phenoxy) is 1. The van der Waals surface area contributed by atoms with E-state index in [0.29, 0.717) is 11.7 Å². The van der Waals surface area contributed by atoms with Crippen LogP contribution in [0.3, 0.4) is 0 Å². The van der Waals surface area contributed by atoms with E-state index in [-0.39, 0.29) is 0 Å². The summed E-state index contributed by atoms with van der Waals surface area (Å²) in [6.07, 6.45) is 16.2. The molecule has 33 heavy (non-hydrogen) atoms. The van der Waals surface area contributed by atoms with E-state index in [4.69, 9.17) is 4.74 Å². The number of phenols is 1. The molecule has 1 unspecified atom stereocenters. The van der Waals surface area contributed by atoms with Gasteiger partial charge < -0.3 is 9.84 Å². The van der Waals surface area contributed by atoms with Crippen LogP contribution in [0.1, 0.15) is 88.7 Å². The van der Waals surface area contributed by atoms with Gasteiger partial charge in [0.05, 0.1) is 7.11 Å². The van der Waals surface area contributed by atoms with Crippen molar-refractivity contribution in [3.8, 4) is 22.6 Å². The molecule has 0 radical (unpaired) electrons. The summed E-state index contributed by atoms with van der Waals surface area (Å²) in [5, 5.41) is 11.8. The highest BCUT2D eigenvalue weighted by molar-refractivity contribution is 5.86. The lowest BCUT2D eigenvalue weighted by Crippen LogP contribution is -2.06. The van der Waals surface area contributed by atoms with Gasteiger partial charge in [-0.25, -0.2) is 0 Å². The fraction of sp³-hybridized carbons (Fsp3) is 0.484. The zero-order chi connectivity index (χ0) is 23.2. The molecule has 0 aromatic heterocycles. The van der Waals surface area contributed by atoms with Gasteiger partial charge in [-0.3, -0.25) is 0 Å². The highest BCUT2D eigenvalue weighted by atomic mass is 16.5. The molecular weight excluding hydrogens is 404 g/mol. The second-order valence-electron chi connectivity index (χ2n) is 9.98. The van der Waals surface area contributed by atoms with Gasteiger partial charge in [0.25, 0.3) is 0 Å². The minimum absolute atomic E-state index is 0.401. The van der Waals surface area contributed by atoms with Gasteiger partial charge in [-0.2, -0.15) is 0 Å². The third-order valence-corrected chi connectivity index (χ3v) is 7.50. The van der Waals surface area contributed by atoms with Crippen molar-refractivity contribution < 1.29 is 9.84 Å². The number of hydrogen-bond acceptors (Lipinski definition) is 2. The summed E-state index contributed by atoms with van der Waals surface area (Å²) in [6.45, 7) is 4.53. The molecule has 4 rings (SSSR count). The smallest absolute Gasteiger partial charge is 0.131 e. The van der Waals surface area contributed by atoms with Gasteiger partial charge in [-0.05, 0) is 98.3 Å². The van der Waals surface area contributed by atoms with Crippen LogP contribution in [0, 0.1) is 12.8 Å². The normalized spacial score (nSPS) is 24.1. The first-order chi connectivity index (χ1) is 16.1. The van der Waals surface area contributed by atoms with E-state index in [1.807, 2.05) is 24.3 Å². The molecule has 176 valence electrons. The van der Waals surface area contributed by atoms with Gasteiger partial charge in [0, 0.05) is 16.7 Å². The number of aryl methyl sites for hydroxylation is 1. The molecule has 2 aliphatic rings. The maximum atomic E-state index is 11.8. The molecule has 0 bridgehead atoms. The average molecular weight is 445 g/mol. The third kappa shape index (κ3) is 5.37. The molecule has 0 saturated heterocycles. The zero-order valence-corrected chi connectivity index (χ0v) is 20.8. The molecule has 1 fully saturated rings. The number of hydrogen-bond donors (Lipinski definition) is 1. The van der Waals surface area contributed by atoms with E-state index in [0.717, 1.165) is 28.9 Å². The predicted molar refractivity (Wildman–Crippen MR) is 140 cm³/mol. The number of phenolic OH excluding ortho intramolecular Hbond substituents is 1. The topological polar surface area (TPSA) is 29.5 Å². The Morgan fingerprint density at radius 3 is 2.42 bits per heavy atom. The van der Waals surface area contributed by atoms with Crippen molar-refractivity contribution in [1.82, 2.24) is 0 Å². The van der Waals surface area contributed by atoms with Crippen molar-refractivity contribution in [2.75, 3.05) is 7.11 Å². The lowest BCUT2D eigenvalue weighted by molar-refractivity contribution is 0.415. The minimum atomic E-state index is 0.401. The second-order valence-corrected chi connectivity index (χ2v) is 9.98. The molecule has 1 atom stereocenters. The van der Waals surface area contributed by atoms with Crippen molar-refractivity contribution >= 4 is 5.57 Å². The first-order valence-corrected chi connectivity index (χ1v) is 13.0. The SMILES string of the molecule is COc1ccccc1-c1cc(C)cc(/C2=C3\CCCCC\C3=C\CCCCCCC2C)c1O.